The van der Waals surface area contributed by atoms with Gasteiger partial charge in [0.15, 0.2) is 23.7 Å². The predicted octanol–water partition coefficient (Wildman–Crippen LogP) is 4.84. The number of cyclic esters (lactones) is 1. The van der Waals surface area contributed by atoms with Crippen molar-refractivity contribution in [1.29, 1.82) is 0 Å². The Bertz CT molecular complexity index is 1870. The molecule has 258 valence electrons. The number of aromatic nitrogens is 1. The van der Waals surface area contributed by atoms with Crippen molar-refractivity contribution >= 4 is 39.9 Å². The molecule has 4 atom stereocenters. The quantitative estimate of drug-likeness (QED) is 0.155. The fourth-order valence-electron chi connectivity index (χ4n) is 7.01. The van der Waals surface area contributed by atoms with Gasteiger partial charge in [-0.2, -0.15) is 0 Å². The SMILES string of the molecule is CCCCC[C@H](N)C(=O)Nc1ccc(C(Oc2ccc3nc4c(c(CC)c3c2)CN2C4=CC3=C(COC(=O)[C@]3(O)CC)C2O)C(C)=O)cc1. The molecule has 5 N–H and O–H groups in total. The number of aliphatic hydroxyl groups excluding tert-OH is 1. The second kappa shape index (κ2) is 13.7. The van der Waals surface area contributed by atoms with Crippen LogP contribution in [0, 0.1) is 0 Å². The molecule has 3 aliphatic heterocycles. The molecular formula is C38H44N4O7. The summed E-state index contributed by atoms with van der Waals surface area (Å²) in [6, 6.07) is 11.9. The fraction of sp³-hybridized carbons (Fsp3) is 0.421. The molecule has 3 aliphatic rings. The number of nitrogens with zero attached hydrogens (tertiary/aromatic N) is 2. The number of pyridine rings is 1. The molecule has 11 nitrogen and oxygen atoms in total. The van der Waals surface area contributed by atoms with E-state index < -0.39 is 29.9 Å². The standard InChI is InChI=1S/C38H44N4O7/c1-5-8-9-10-30(39)35(44)40-23-13-11-22(12-14-23)34(21(4)43)49-24-15-16-31-26(17-24)25(6-2)27-19-42-32(33(27)41-31)18-29-28(36(42)45)20-48-37(46)38(29,47)7-3/h11-18,30,34,36,45,47H,5-10,19-20,39H2,1-4H3,(H,40,44)/t30-,34?,36?,38-/m0/s1. The molecule has 1 aromatic heterocycles. The molecule has 0 fully saturated rings. The summed E-state index contributed by atoms with van der Waals surface area (Å²) in [6.45, 7) is 7.63. The average Bonchev–Trinajstić information content (AvgIpc) is 3.46. The summed E-state index contributed by atoms with van der Waals surface area (Å²) in [5.74, 6) is -0.644. The van der Waals surface area contributed by atoms with Crippen molar-refractivity contribution in [3.8, 4) is 5.75 Å². The fourth-order valence-corrected chi connectivity index (χ4v) is 7.01. The first kappa shape index (κ1) is 34.3. The second-order valence-electron chi connectivity index (χ2n) is 13.0. The van der Waals surface area contributed by atoms with E-state index in [1.807, 2.05) is 24.0 Å². The average molecular weight is 669 g/mol. The minimum Gasteiger partial charge on any atom is -0.478 e. The number of benzene rings is 2. The van der Waals surface area contributed by atoms with Crippen LogP contribution in [-0.4, -0.2) is 62.2 Å². The number of carbonyl (C=O) groups is 3. The van der Waals surface area contributed by atoms with Crippen molar-refractivity contribution in [2.75, 3.05) is 11.9 Å². The third-order valence-corrected chi connectivity index (χ3v) is 9.86. The molecule has 1 amide bonds. The molecule has 2 aromatic carbocycles. The number of carbonyl (C=O) groups excluding carboxylic acids is 3. The molecule has 0 spiro atoms. The van der Waals surface area contributed by atoms with Crippen LogP contribution in [0.3, 0.4) is 0 Å². The Morgan fingerprint density at radius 2 is 1.92 bits per heavy atom. The Hall–Kier alpha value is -4.58. The third kappa shape index (κ3) is 6.22. The Labute approximate surface area is 285 Å². The molecule has 0 radical (unpaired) electrons. The molecule has 6 rings (SSSR count). The van der Waals surface area contributed by atoms with Gasteiger partial charge in [-0.15, -0.1) is 0 Å². The number of ketones is 1. The highest BCUT2D eigenvalue weighted by atomic mass is 16.6. The molecule has 0 bridgehead atoms. The molecule has 4 heterocycles. The molecular weight excluding hydrogens is 624 g/mol. The monoisotopic (exact) mass is 668 g/mol. The number of nitrogens with one attached hydrogen (secondary N) is 1. The highest BCUT2D eigenvalue weighted by Gasteiger charge is 2.49. The molecule has 0 saturated carbocycles. The third-order valence-electron chi connectivity index (χ3n) is 9.86. The molecule has 3 aromatic rings. The van der Waals surface area contributed by atoms with Crippen LogP contribution < -0.4 is 15.8 Å². The van der Waals surface area contributed by atoms with Crippen LogP contribution in [0.25, 0.3) is 16.6 Å². The number of fused-ring (bicyclic) bond motifs is 4. The van der Waals surface area contributed by atoms with E-state index in [0.29, 0.717) is 64.4 Å². The van der Waals surface area contributed by atoms with Gasteiger partial charge in [-0.3, -0.25) is 9.59 Å². The van der Waals surface area contributed by atoms with E-state index in [2.05, 4.69) is 12.2 Å². The van der Waals surface area contributed by atoms with E-state index in [1.165, 1.54) is 6.92 Å². The number of ether oxygens (including phenoxy) is 2. The van der Waals surface area contributed by atoms with E-state index in [4.69, 9.17) is 20.2 Å². The van der Waals surface area contributed by atoms with Crippen LogP contribution in [0.15, 0.2) is 59.7 Å². The normalized spacial score (nSPS) is 21.0. The van der Waals surface area contributed by atoms with Crippen LogP contribution in [0.5, 0.6) is 5.75 Å². The number of unbranched alkanes of at least 4 members (excludes halogenated alkanes) is 2. The lowest BCUT2D eigenvalue weighted by Gasteiger charge is -2.40. The zero-order valence-corrected chi connectivity index (χ0v) is 28.4. The zero-order valence-electron chi connectivity index (χ0n) is 28.4. The van der Waals surface area contributed by atoms with Gasteiger partial charge in [0.05, 0.1) is 22.9 Å². The smallest absolute Gasteiger partial charge is 0.343 e. The van der Waals surface area contributed by atoms with Gasteiger partial charge in [-0.25, -0.2) is 9.78 Å². The first-order valence-corrected chi connectivity index (χ1v) is 17.1. The minimum atomic E-state index is -1.84. The number of hydrogen-bond acceptors (Lipinski definition) is 10. The van der Waals surface area contributed by atoms with Gasteiger partial charge in [-0.05, 0) is 73.7 Å². The number of rotatable bonds is 12. The molecule has 2 unspecified atom stereocenters. The Morgan fingerprint density at radius 1 is 1.16 bits per heavy atom. The lowest BCUT2D eigenvalue weighted by molar-refractivity contribution is -0.164. The number of esters is 1. The van der Waals surface area contributed by atoms with E-state index >= 15 is 0 Å². The second-order valence-corrected chi connectivity index (χ2v) is 13.0. The van der Waals surface area contributed by atoms with E-state index in [9.17, 15) is 24.6 Å². The summed E-state index contributed by atoms with van der Waals surface area (Å²) < 4.78 is 11.6. The van der Waals surface area contributed by atoms with Crippen molar-refractivity contribution < 1.29 is 34.1 Å². The maximum absolute atomic E-state index is 12.8. The zero-order chi connectivity index (χ0) is 35.0. The summed E-state index contributed by atoms with van der Waals surface area (Å²) in [7, 11) is 0. The number of hydrogen-bond donors (Lipinski definition) is 4. The molecule has 49 heavy (non-hydrogen) atoms. The van der Waals surface area contributed by atoms with Gasteiger partial charge >= 0.3 is 5.97 Å². The van der Waals surface area contributed by atoms with Crippen molar-refractivity contribution in [2.24, 2.45) is 5.73 Å². The molecule has 11 heteroatoms. The molecule has 0 saturated heterocycles. The number of aryl methyl sites for hydroxylation is 1. The van der Waals surface area contributed by atoms with E-state index in [1.54, 1.807) is 43.3 Å². The van der Waals surface area contributed by atoms with Crippen LogP contribution >= 0.6 is 0 Å². The van der Waals surface area contributed by atoms with Crippen molar-refractivity contribution in [2.45, 2.75) is 96.7 Å². The lowest BCUT2D eigenvalue weighted by Crippen LogP contribution is -2.50. The highest BCUT2D eigenvalue weighted by molar-refractivity contribution is 5.95. The van der Waals surface area contributed by atoms with Crippen molar-refractivity contribution in [3.63, 3.8) is 0 Å². The van der Waals surface area contributed by atoms with Crippen LogP contribution in [0.2, 0.25) is 0 Å². The minimum absolute atomic E-state index is 0.0903. The van der Waals surface area contributed by atoms with E-state index in [-0.39, 0.29) is 24.7 Å². The van der Waals surface area contributed by atoms with Gasteiger partial charge in [0.25, 0.3) is 0 Å². The summed E-state index contributed by atoms with van der Waals surface area (Å²) in [4.78, 5) is 44.7. The number of aliphatic hydroxyl groups is 2. The van der Waals surface area contributed by atoms with E-state index in [0.717, 1.165) is 35.8 Å². The number of amides is 1. The number of Topliss-reactive ketones (excluding diaryl/α,β-unsaturated/α-hetero) is 1. The van der Waals surface area contributed by atoms with Gasteiger partial charge in [0.1, 0.15) is 12.4 Å². The Morgan fingerprint density at radius 3 is 2.59 bits per heavy atom. The maximum atomic E-state index is 12.8. The van der Waals surface area contributed by atoms with Gasteiger partial charge in [-0.1, -0.05) is 52.2 Å². The van der Waals surface area contributed by atoms with Gasteiger partial charge < -0.3 is 35.6 Å². The summed E-state index contributed by atoms with van der Waals surface area (Å²) >= 11 is 0. The number of anilines is 1. The van der Waals surface area contributed by atoms with Gasteiger partial charge in [0, 0.05) is 34.3 Å². The molecule has 0 aliphatic carbocycles. The highest BCUT2D eigenvalue weighted by Crippen LogP contribution is 2.46. The predicted molar refractivity (Wildman–Crippen MR) is 185 cm³/mol. The number of nitrogens with two attached hydrogens (primary N) is 1. The summed E-state index contributed by atoms with van der Waals surface area (Å²) in [5, 5.41) is 26.4. The van der Waals surface area contributed by atoms with Crippen LogP contribution in [-0.2, 0) is 32.1 Å². The van der Waals surface area contributed by atoms with Crippen LogP contribution in [0.1, 0.15) is 88.3 Å². The largest absolute Gasteiger partial charge is 0.478 e. The first-order valence-electron chi connectivity index (χ1n) is 17.1. The van der Waals surface area contributed by atoms with Gasteiger partial charge in [0.2, 0.25) is 5.91 Å². The summed E-state index contributed by atoms with van der Waals surface area (Å²) in [5.41, 5.74) is 10.3. The maximum Gasteiger partial charge on any atom is 0.343 e. The summed E-state index contributed by atoms with van der Waals surface area (Å²) in [6.07, 6.45) is 4.20. The first-order chi connectivity index (χ1) is 23.5. The topological polar surface area (TPSA) is 164 Å². The Kier molecular flexibility index (Phi) is 9.61. The van der Waals surface area contributed by atoms with Crippen molar-refractivity contribution in [1.82, 2.24) is 9.88 Å². The van der Waals surface area contributed by atoms with Crippen molar-refractivity contribution in [3.05, 3.63) is 82.1 Å². The lowest BCUT2D eigenvalue weighted by atomic mass is 9.82. The Balaban J connectivity index is 1.26. The van der Waals surface area contributed by atoms with Crippen LogP contribution in [0.4, 0.5) is 5.69 Å².